The lowest BCUT2D eigenvalue weighted by molar-refractivity contribution is -0.0146. The van der Waals surface area contributed by atoms with Gasteiger partial charge in [0.1, 0.15) is 5.44 Å². The molecule has 2 heterocycles. The zero-order chi connectivity index (χ0) is 10.2. The van der Waals surface area contributed by atoms with Crippen molar-refractivity contribution in [3.8, 4) is 0 Å². The van der Waals surface area contributed by atoms with Crippen LogP contribution in [0.5, 0.6) is 0 Å². The Hall–Kier alpha value is 0.220. The molecule has 0 aromatic rings. The van der Waals surface area contributed by atoms with E-state index in [-0.39, 0.29) is 23.0 Å². The Morgan fingerprint density at radius 2 is 2.14 bits per heavy atom. The summed E-state index contributed by atoms with van der Waals surface area (Å²) < 4.78 is 27.8. The van der Waals surface area contributed by atoms with E-state index in [4.69, 9.17) is 4.74 Å². The third kappa shape index (κ3) is 2.42. The van der Waals surface area contributed by atoms with Gasteiger partial charge in [-0.2, -0.15) is 0 Å². The summed E-state index contributed by atoms with van der Waals surface area (Å²) in [7, 11) is -2.87. The van der Waals surface area contributed by atoms with Gasteiger partial charge in [-0.15, -0.1) is 11.8 Å². The maximum Gasteiger partial charge on any atom is 0.152 e. The highest BCUT2D eigenvalue weighted by Crippen LogP contribution is 2.30. The van der Waals surface area contributed by atoms with Crippen molar-refractivity contribution in [2.45, 2.75) is 30.5 Å². The summed E-state index contributed by atoms with van der Waals surface area (Å²) in [6.07, 6.45) is 0.689. The number of hydrogen-bond donors (Lipinski definition) is 1. The standard InChI is InChI=1S/C8H14O4S2/c9-7-1-3-13-8(7)12-6-2-4-14(10,11)5-6/h6-9H,1-5H2. The average molecular weight is 238 g/mol. The van der Waals surface area contributed by atoms with E-state index in [1.54, 1.807) is 11.8 Å². The SMILES string of the molecule is O=S1(=O)CCC(OC2SCCC2O)C1. The molecule has 0 radical (unpaired) electrons. The van der Waals surface area contributed by atoms with Crippen molar-refractivity contribution in [3.63, 3.8) is 0 Å². The highest BCUT2D eigenvalue weighted by Gasteiger charge is 2.34. The molecular weight excluding hydrogens is 224 g/mol. The van der Waals surface area contributed by atoms with E-state index in [0.29, 0.717) is 6.42 Å². The van der Waals surface area contributed by atoms with E-state index in [9.17, 15) is 13.5 Å². The molecule has 0 aromatic heterocycles. The van der Waals surface area contributed by atoms with Gasteiger partial charge in [-0.05, 0) is 18.6 Å². The summed E-state index contributed by atoms with van der Waals surface area (Å²) in [6.45, 7) is 0. The molecular formula is C8H14O4S2. The lowest BCUT2D eigenvalue weighted by Crippen LogP contribution is -2.27. The van der Waals surface area contributed by atoms with Crippen LogP contribution in [0.4, 0.5) is 0 Å². The molecule has 0 aromatic carbocycles. The predicted molar refractivity (Wildman–Crippen MR) is 55.0 cm³/mol. The van der Waals surface area contributed by atoms with Crippen molar-refractivity contribution in [2.75, 3.05) is 17.3 Å². The van der Waals surface area contributed by atoms with Crippen molar-refractivity contribution in [1.29, 1.82) is 0 Å². The number of thioether (sulfide) groups is 1. The van der Waals surface area contributed by atoms with E-state index in [1.165, 1.54) is 0 Å². The molecule has 1 N–H and O–H groups in total. The molecule has 82 valence electrons. The monoisotopic (exact) mass is 238 g/mol. The minimum atomic E-state index is -2.87. The summed E-state index contributed by atoms with van der Waals surface area (Å²) in [4.78, 5) is 0. The van der Waals surface area contributed by atoms with Crippen LogP contribution in [0.3, 0.4) is 0 Å². The third-order valence-corrected chi connectivity index (χ3v) is 5.49. The van der Waals surface area contributed by atoms with Crippen LogP contribution in [0.1, 0.15) is 12.8 Å². The molecule has 0 saturated carbocycles. The molecule has 6 heteroatoms. The van der Waals surface area contributed by atoms with Crippen molar-refractivity contribution < 1.29 is 18.3 Å². The highest BCUT2D eigenvalue weighted by atomic mass is 32.2. The number of sulfone groups is 1. The lowest BCUT2D eigenvalue weighted by Gasteiger charge is -2.18. The molecule has 0 spiro atoms. The molecule has 4 nitrogen and oxygen atoms in total. The predicted octanol–water partition coefficient (Wildman–Crippen LogP) is 0.0140. The van der Waals surface area contributed by atoms with Crippen LogP contribution in [0, 0.1) is 0 Å². The van der Waals surface area contributed by atoms with Crippen molar-refractivity contribution in [2.24, 2.45) is 0 Å². The average Bonchev–Trinajstić information content (AvgIpc) is 2.61. The highest BCUT2D eigenvalue weighted by molar-refractivity contribution is 8.00. The first-order valence-corrected chi connectivity index (χ1v) is 7.59. The molecule has 2 saturated heterocycles. The van der Waals surface area contributed by atoms with Gasteiger partial charge in [0.25, 0.3) is 0 Å². The van der Waals surface area contributed by atoms with Gasteiger partial charge < -0.3 is 9.84 Å². The number of aliphatic hydroxyl groups excluding tert-OH is 1. The maximum atomic E-state index is 11.1. The lowest BCUT2D eigenvalue weighted by atomic mass is 10.3. The van der Waals surface area contributed by atoms with Crippen molar-refractivity contribution in [3.05, 3.63) is 0 Å². The van der Waals surface area contributed by atoms with Gasteiger partial charge in [0.15, 0.2) is 9.84 Å². The third-order valence-electron chi connectivity index (χ3n) is 2.53. The number of rotatable bonds is 2. The fourth-order valence-corrected chi connectivity index (χ4v) is 4.54. The Labute approximate surface area is 87.9 Å². The van der Waals surface area contributed by atoms with Crippen molar-refractivity contribution in [1.82, 2.24) is 0 Å². The van der Waals surface area contributed by atoms with Crippen LogP contribution < -0.4 is 0 Å². The molecule has 2 aliphatic rings. The smallest absolute Gasteiger partial charge is 0.152 e. The summed E-state index contributed by atoms with van der Waals surface area (Å²) in [6, 6.07) is 0. The van der Waals surface area contributed by atoms with Crippen LogP contribution >= 0.6 is 11.8 Å². The van der Waals surface area contributed by atoms with E-state index in [1.807, 2.05) is 0 Å². The molecule has 0 bridgehead atoms. The van der Waals surface area contributed by atoms with Gasteiger partial charge in [0.05, 0.1) is 23.7 Å². The van der Waals surface area contributed by atoms with Crippen LogP contribution in [0.2, 0.25) is 0 Å². The Morgan fingerprint density at radius 3 is 2.64 bits per heavy atom. The van der Waals surface area contributed by atoms with Gasteiger partial charge >= 0.3 is 0 Å². The van der Waals surface area contributed by atoms with Gasteiger partial charge in [0.2, 0.25) is 0 Å². The quantitative estimate of drug-likeness (QED) is 0.734. The Morgan fingerprint density at radius 1 is 1.36 bits per heavy atom. The molecule has 2 aliphatic heterocycles. The van der Waals surface area contributed by atoms with E-state index >= 15 is 0 Å². The normalized spacial score (nSPS) is 41.6. The minimum absolute atomic E-state index is 0.122. The second-order valence-electron chi connectivity index (χ2n) is 3.76. The van der Waals surface area contributed by atoms with E-state index in [2.05, 4.69) is 0 Å². The Balaban J connectivity index is 1.87. The topological polar surface area (TPSA) is 63.6 Å². The van der Waals surface area contributed by atoms with Crippen molar-refractivity contribution >= 4 is 21.6 Å². The summed E-state index contributed by atoms with van der Waals surface area (Å²) in [5, 5.41) is 9.48. The summed E-state index contributed by atoms with van der Waals surface area (Å²) in [5.41, 5.74) is -0.215. The molecule has 14 heavy (non-hydrogen) atoms. The van der Waals surface area contributed by atoms with Gasteiger partial charge in [-0.1, -0.05) is 0 Å². The van der Waals surface area contributed by atoms with Crippen LogP contribution in [0.15, 0.2) is 0 Å². The molecule has 3 unspecified atom stereocenters. The first kappa shape index (κ1) is 10.7. The second kappa shape index (κ2) is 4.00. The van der Waals surface area contributed by atoms with E-state index < -0.39 is 15.9 Å². The summed E-state index contributed by atoms with van der Waals surface area (Å²) in [5.74, 6) is 1.24. The second-order valence-corrected chi connectivity index (χ2v) is 7.19. The molecule has 2 rings (SSSR count). The van der Waals surface area contributed by atoms with Gasteiger partial charge in [-0.3, -0.25) is 0 Å². The molecule has 0 aliphatic carbocycles. The van der Waals surface area contributed by atoms with Gasteiger partial charge in [-0.25, -0.2) is 8.42 Å². The molecule has 0 amide bonds. The fourth-order valence-electron chi connectivity index (χ4n) is 1.74. The van der Waals surface area contributed by atoms with Gasteiger partial charge in [0, 0.05) is 0 Å². The number of ether oxygens (including phenoxy) is 1. The zero-order valence-electron chi connectivity index (χ0n) is 7.76. The zero-order valence-corrected chi connectivity index (χ0v) is 9.39. The Bertz CT molecular complexity index is 300. The summed E-state index contributed by atoms with van der Waals surface area (Å²) >= 11 is 1.57. The fraction of sp³-hybridized carbons (Fsp3) is 1.00. The first-order chi connectivity index (χ1) is 6.57. The van der Waals surface area contributed by atoms with Crippen LogP contribution in [-0.2, 0) is 14.6 Å². The minimum Gasteiger partial charge on any atom is -0.389 e. The molecule has 2 fully saturated rings. The number of hydrogen-bond acceptors (Lipinski definition) is 5. The molecule has 3 atom stereocenters. The Kier molecular flexibility index (Phi) is 3.06. The number of aliphatic hydroxyl groups is 1. The van der Waals surface area contributed by atoms with Crippen LogP contribution in [0.25, 0.3) is 0 Å². The van der Waals surface area contributed by atoms with E-state index in [0.717, 1.165) is 12.2 Å². The maximum absolute atomic E-state index is 11.1. The first-order valence-electron chi connectivity index (χ1n) is 4.72. The van der Waals surface area contributed by atoms with Crippen LogP contribution in [-0.4, -0.2) is 48.4 Å². The largest absolute Gasteiger partial charge is 0.389 e.